The normalized spacial score (nSPS) is 16.5. The van der Waals surface area contributed by atoms with Crippen molar-refractivity contribution in [1.29, 1.82) is 0 Å². The molecule has 0 atom stereocenters. The third-order valence-corrected chi connectivity index (χ3v) is 5.57. The molecule has 2 saturated carbocycles. The number of fused-ring (bicyclic) bond motifs is 1. The number of carbonyl (C=O) groups excluding carboxylic acids is 2. The number of benzene rings is 1. The second-order valence-corrected chi connectivity index (χ2v) is 7.56. The van der Waals surface area contributed by atoms with Gasteiger partial charge in [0.05, 0.1) is 5.39 Å². The summed E-state index contributed by atoms with van der Waals surface area (Å²) in [4.78, 5) is 37.3. The maximum absolute atomic E-state index is 12.6. The summed E-state index contributed by atoms with van der Waals surface area (Å²) < 4.78 is 1.26. The Morgan fingerprint density at radius 2 is 1.74 bits per heavy atom. The van der Waals surface area contributed by atoms with E-state index in [-0.39, 0.29) is 17.2 Å². The van der Waals surface area contributed by atoms with E-state index in [0.717, 1.165) is 0 Å². The predicted octanol–water partition coefficient (Wildman–Crippen LogP) is 2.00. The second-order valence-electron chi connectivity index (χ2n) is 7.56. The van der Waals surface area contributed by atoms with E-state index in [1.54, 1.807) is 31.2 Å². The van der Waals surface area contributed by atoms with Crippen molar-refractivity contribution in [1.82, 2.24) is 20.6 Å². The van der Waals surface area contributed by atoms with Crippen LogP contribution in [0.1, 0.15) is 49.5 Å². The fourth-order valence-electron chi connectivity index (χ4n) is 3.83. The van der Waals surface area contributed by atoms with Gasteiger partial charge >= 0.3 is 0 Å². The van der Waals surface area contributed by atoms with Gasteiger partial charge in [-0.25, -0.2) is 4.68 Å². The van der Waals surface area contributed by atoms with E-state index < -0.39 is 5.91 Å². The molecule has 0 saturated heterocycles. The van der Waals surface area contributed by atoms with Crippen molar-refractivity contribution in [3.05, 3.63) is 40.3 Å². The minimum absolute atomic E-state index is 0.133. The highest BCUT2D eigenvalue weighted by Gasteiger charge is 2.42. The lowest BCUT2D eigenvalue weighted by Crippen LogP contribution is -2.43. The molecule has 27 heavy (non-hydrogen) atoms. The van der Waals surface area contributed by atoms with Crippen LogP contribution in [-0.4, -0.2) is 21.6 Å². The van der Waals surface area contributed by atoms with Crippen LogP contribution < -0.4 is 16.4 Å². The zero-order chi connectivity index (χ0) is 19.0. The molecule has 1 heterocycles. The van der Waals surface area contributed by atoms with Gasteiger partial charge in [0.1, 0.15) is 0 Å². The lowest BCUT2D eigenvalue weighted by atomic mass is 9.94. The molecule has 0 radical (unpaired) electrons. The van der Waals surface area contributed by atoms with Crippen LogP contribution in [0.5, 0.6) is 0 Å². The minimum atomic E-state index is -0.517. The van der Waals surface area contributed by atoms with Gasteiger partial charge < -0.3 is 0 Å². The van der Waals surface area contributed by atoms with Crippen molar-refractivity contribution >= 4 is 22.6 Å². The van der Waals surface area contributed by atoms with Crippen LogP contribution >= 0.6 is 0 Å². The molecule has 1 aromatic heterocycles. The number of hydrogen-bond donors (Lipinski definition) is 2. The Morgan fingerprint density at radius 1 is 1.11 bits per heavy atom. The van der Waals surface area contributed by atoms with E-state index in [1.807, 2.05) is 0 Å². The molecule has 2 aliphatic rings. The van der Waals surface area contributed by atoms with E-state index in [1.165, 1.54) is 30.4 Å². The topological polar surface area (TPSA) is 93.1 Å². The summed E-state index contributed by atoms with van der Waals surface area (Å²) in [6, 6.07) is 6.88. The molecule has 2 fully saturated rings. The largest absolute Gasteiger partial charge is 0.290 e. The molecule has 2 aromatic rings. The van der Waals surface area contributed by atoms with E-state index in [9.17, 15) is 14.4 Å². The summed E-state index contributed by atoms with van der Waals surface area (Å²) >= 11 is 0. The molecule has 2 aliphatic carbocycles. The number of hydrogen-bond acceptors (Lipinski definition) is 4. The van der Waals surface area contributed by atoms with Gasteiger partial charge in [-0.3, -0.25) is 25.2 Å². The van der Waals surface area contributed by atoms with E-state index in [4.69, 9.17) is 0 Å². The lowest BCUT2D eigenvalue weighted by Gasteiger charge is -2.15. The zero-order valence-electron chi connectivity index (χ0n) is 15.4. The maximum Gasteiger partial charge on any atom is 0.290 e. The van der Waals surface area contributed by atoms with Crippen LogP contribution in [0.2, 0.25) is 0 Å². The number of nitrogens with zero attached hydrogens (tertiary/aromatic N) is 2. The van der Waals surface area contributed by atoms with Crippen molar-refractivity contribution < 1.29 is 9.59 Å². The van der Waals surface area contributed by atoms with Gasteiger partial charge in [-0.2, -0.15) is 5.10 Å². The molecule has 1 aromatic carbocycles. The Balaban J connectivity index is 1.47. The number of amides is 2. The average molecular weight is 368 g/mol. The van der Waals surface area contributed by atoms with Gasteiger partial charge in [-0.05, 0) is 56.4 Å². The fourth-order valence-corrected chi connectivity index (χ4v) is 3.83. The molecule has 7 heteroatoms. The first kappa shape index (κ1) is 17.7. The number of rotatable bonds is 6. The van der Waals surface area contributed by atoms with Crippen LogP contribution in [0.25, 0.3) is 10.8 Å². The first-order valence-electron chi connectivity index (χ1n) is 9.67. The van der Waals surface area contributed by atoms with Crippen molar-refractivity contribution in [3.8, 4) is 0 Å². The number of nitrogens with one attached hydrogen (secondary N) is 2. The lowest BCUT2D eigenvalue weighted by molar-refractivity contribution is -0.123. The average Bonchev–Trinajstić information content (AvgIpc) is 3.57. The summed E-state index contributed by atoms with van der Waals surface area (Å²) in [5.41, 5.74) is 4.90. The van der Waals surface area contributed by atoms with Gasteiger partial charge in [0.15, 0.2) is 5.69 Å². The highest BCUT2D eigenvalue weighted by atomic mass is 16.2. The SMILES string of the molecule is CCn1nc(C(=O)NNC(=O)CC(C2CC2)C2CC2)c2ccccc2c1=O. The third kappa shape index (κ3) is 3.72. The van der Waals surface area contributed by atoms with Gasteiger partial charge in [-0.15, -0.1) is 0 Å². The monoisotopic (exact) mass is 368 g/mol. The quantitative estimate of drug-likeness (QED) is 0.763. The van der Waals surface area contributed by atoms with E-state index in [2.05, 4.69) is 16.0 Å². The molecule has 142 valence electrons. The van der Waals surface area contributed by atoms with Crippen molar-refractivity contribution in [2.45, 2.75) is 45.6 Å². The molecule has 0 unspecified atom stereocenters. The molecule has 0 aliphatic heterocycles. The minimum Gasteiger partial charge on any atom is -0.273 e. The van der Waals surface area contributed by atoms with E-state index in [0.29, 0.717) is 41.5 Å². The van der Waals surface area contributed by atoms with Crippen LogP contribution in [0.4, 0.5) is 0 Å². The number of carbonyl (C=O) groups is 2. The molecule has 0 spiro atoms. The van der Waals surface area contributed by atoms with Gasteiger partial charge in [0.25, 0.3) is 11.5 Å². The highest BCUT2D eigenvalue weighted by Crippen LogP contribution is 2.50. The van der Waals surface area contributed by atoms with Crippen LogP contribution in [0.3, 0.4) is 0 Å². The Morgan fingerprint density at radius 3 is 2.33 bits per heavy atom. The zero-order valence-corrected chi connectivity index (χ0v) is 15.4. The smallest absolute Gasteiger partial charge is 0.273 e. The van der Waals surface area contributed by atoms with Crippen molar-refractivity contribution in [2.75, 3.05) is 0 Å². The summed E-state index contributed by atoms with van der Waals surface area (Å²) in [5, 5.41) is 5.09. The molecule has 7 nitrogen and oxygen atoms in total. The Labute approximate surface area is 157 Å². The predicted molar refractivity (Wildman–Crippen MR) is 101 cm³/mol. The summed E-state index contributed by atoms with van der Waals surface area (Å²) in [6.45, 7) is 2.16. The summed E-state index contributed by atoms with van der Waals surface area (Å²) in [6.07, 6.45) is 5.33. The van der Waals surface area contributed by atoms with Crippen LogP contribution in [-0.2, 0) is 11.3 Å². The second kappa shape index (κ2) is 7.13. The van der Waals surface area contributed by atoms with Crippen molar-refractivity contribution in [2.24, 2.45) is 17.8 Å². The molecule has 0 bridgehead atoms. The maximum atomic E-state index is 12.6. The number of hydrazine groups is 1. The number of aromatic nitrogens is 2. The van der Waals surface area contributed by atoms with Crippen LogP contribution in [0, 0.1) is 17.8 Å². The molecule has 2 N–H and O–H groups in total. The third-order valence-electron chi connectivity index (χ3n) is 5.57. The first-order chi connectivity index (χ1) is 13.1. The Kier molecular flexibility index (Phi) is 4.68. The molecule has 2 amide bonds. The first-order valence-corrected chi connectivity index (χ1v) is 9.67. The summed E-state index contributed by atoms with van der Waals surface area (Å²) in [7, 11) is 0. The Hall–Kier alpha value is -2.70. The van der Waals surface area contributed by atoms with Crippen molar-refractivity contribution in [3.63, 3.8) is 0 Å². The molecule has 4 rings (SSSR count). The molecular formula is C20H24N4O3. The molecular weight excluding hydrogens is 344 g/mol. The van der Waals surface area contributed by atoms with Crippen LogP contribution in [0.15, 0.2) is 29.1 Å². The standard InChI is InChI=1S/C20H24N4O3/c1-2-24-20(27)15-6-4-3-5-14(15)18(23-24)19(26)22-21-17(25)11-16(12-7-8-12)13-9-10-13/h3-6,12-13,16H,2,7-11H2,1H3,(H,21,25)(H,22,26). The van der Waals surface area contributed by atoms with Gasteiger partial charge in [-0.1, -0.05) is 18.2 Å². The number of aryl methyl sites for hydroxylation is 1. The van der Waals surface area contributed by atoms with Gasteiger partial charge in [0, 0.05) is 18.4 Å². The van der Waals surface area contributed by atoms with E-state index >= 15 is 0 Å². The Bertz CT molecular complexity index is 932. The summed E-state index contributed by atoms with van der Waals surface area (Å²) in [5.74, 6) is 1.12. The highest BCUT2D eigenvalue weighted by molar-refractivity contribution is 6.05. The fraction of sp³-hybridized carbons (Fsp3) is 0.500. The van der Waals surface area contributed by atoms with Gasteiger partial charge in [0.2, 0.25) is 5.91 Å².